The van der Waals surface area contributed by atoms with Crippen molar-refractivity contribution in [1.29, 1.82) is 0 Å². The van der Waals surface area contributed by atoms with E-state index in [1.54, 1.807) is 34.6 Å². The molecule has 0 spiro atoms. The number of aliphatic hydroxyl groups excluding tert-OH is 1. The molecule has 0 bridgehead atoms. The largest absolute Gasteiger partial charge is 0.480 e. The molecule has 0 aromatic heterocycles. The minimum absolute atomic E-state index is 0.0859. The molecule has 1 fully saturated rings. The molecule has 0 unspecified atom stereocenters. The lowest BCUT2D eigenvalue weighted by atomic mass is 10.0. The highest BCUT2D eigenvalue weighted by Crippen LogP contribution is 2.24. The zero-order valence-electron chi connectivity index (χ0n) is 12.9. The summed E-state index contributed by atoms with van der Waals surface area (Å²) in [7, 11) is 0. The summed E-state index contributed by atoms with van der Waals surface area (Å²) in [6.07, 6.45) is -3.21. The fourth-order valence-electron chi connectivity index (χ4n) is 1.83. The fourth-order valence-corrected chi connectivity index (χ4v) is 1.83. The van der Waals surface area contributed by atoms with Crippen LogP contribution >= 0.6 is 0 Å². The summed E-state index contributed by atoms with van der Waals surface area (Å²) in [6.45, 7) is 8.08. The molecular weight excluding hydrogens is 282 g/mol. The number of carboxylic acid groups (broad SMARTS) is 1. The number of hydrogen-bond donors (Lipinski definition) is 3. The average molecular weight is 305 g/mol. The third-order valence-electron chi connectivity index (χ3n) is 2.67. The van der Waals surface area contributed by atoms with Gasteiger partial charge in [-0.25, -0.2) is 9.59 Å². The lowest BCUT2D eigenvalue weighted by Gasteiger charge is -2.41. The summed E-state index contributed by atoms with van der Waals surface area (Å²) >= 11 is 0. The summed E-state index contributed by atoms with van der Waals surface area (Å²) in [4.78, 5) is 23.1. The van der Waals surface area contributed by atoms with Gasteiger partial charge in [0.05, 0.1) is 6.61 Å². The zero-order chi connectivity index (χ0) is 16.4. The van der Waals surface area contributed by atoms with Gasteiger partial charge in [-0.2, -0.15) is 0 Å². The quantitative estimate of drug-likeness (QED) is 0.694. The molecule has 0 aromatic rings. The third kappa shape index (κ3) is 5.49. The van der Waals surface area contributed by atoms with Crippen molar-refractivity contribution in [2.24, 2.45) is 0 Å². The minimum atomic E-state index is -1.45. The summed E-state index contributed by atoms with van der Waals surface area (Å²) < 4.78 is 15.6. The van der Waals surface area contributed by atoms with Gasteiger partial charge in [0, 0.05) is 0 Å². The van der Waals surface area contributed by atoms with Gasteiger partial charge in [0.1, 0.15) is 17.8 Å². The van der Waals surface area contributed by atoms with Gasteiger partial charge in [0.2, 0.25) is 0 Å². The first-order chi connectivity index (χ1) is 9.41. The normalized spacial score (nSPS) is 26.8. The fraction of sp³-hybridized carbons (Fsp3) is 0.846. The van der Waals surface area contributed by atoms with Gasteiger partial charge >= 0.3 is 12.1 Å². The van der Waals surface area contributed by atoms with Crippen LogP contribution in [0.15, 0.2) is 0 Å². The summed E-state index contributed by atoms with van der Waals surface area (Å²) in [5.41, 5.74) is -0.762. The van der Waals surface area contributed by atoms with Crippen LogP contribution in [0.3, 0.4) is 0 Å². The van der Waals surface area contributed by atoms with Crippen LogP contribution in [0.25, 0.3) is 0 Å². The van der Waals surface area contributed by atoms with Crippen molar-refractivity contribution in [2.75, 3.05) is 6.61 Å². The molecule has 8 heteroatoms. The molecule has 0 saturated carbocycles. The van der Waals surface area contributed by atoms with Crippen molar-refractivity contribution in [1.82, 2.24) is 5.32 Å². The molecule has 0 aromatic carbocycles. The van der Waals surface area contributed by atoms with E-state index in [0.717, 1.165) is 0 Å². The molecule has 3 N–H and O–H groups in total. The van der Waals surface area contributed by atoms with Gasteiger partial charge in [-0.15, -0.1) is 0 Å². The van der Waals surface area contributed by atoms with Crippen molar-refractivity contribution >= 4 is 12.1 Å². The molecule has 1 amide bonds. The number of ether oxygens (including phenoxy) is 3. The SMILES string of the molecule is CC(C)(C)OC(=O)N[C@H](C(=O)O)[C@@H]1OC(C)(C)OC[C@@H]1O. The Labute approximate surface area is 123 Å². The Morgan fingerprint density at radius 2 is 1.95 bits per heavy atom. The van der Waals surface area contributed by atoms with Crippen LogP contribution in [0.4, 0.5) is 4.79 Å². The summed E-state index contributed by atoms with van der Waals surface area (Å²) in [5, 5.41) is 21.3. The lowest BCUT2D eigenvalue weighted by molar-refractivity contribution is -0.307. The molecule has 0 aliphatic carbocycles. The number of carboxylic acids is 1. The number of aliphatic hydroxyl groups is 1. The van der Waals surface area contributed by atoms with E-state index in [1.165, 1.54) is 0 Å². The molecule has 8 nitrogen and oxygen atoms in total. The maximum atomic E-state index is 11.7. The van der Waals surface area contributed by atoms with Crippen LogP contribution in [0.1, 0.15) is 34.6 Å². The van der Waals surface area contributed by atoms with E-state index in [-0.39, 0.29) is 6.61 Å². The van der Waals surface area contributed by atoms with E-state index in [9.17, 15) is 19.8 Å². The maximum Gasteiger partial charge on any atom is 0.408 e. The number of aliphatic carboxylic acids is 1. The third-order valence-corrected chi connectivity index (χ3v) is 2.67. The Bertz CT molecular complexity index is 402. The number of amides is 1. The summed E-state index contributed by atoms with van der Waals surface area (Å²) in [5.74, 6) is -2.38. The Hall–Kier alpha value is -1.38. The van der Waals surface area contributed by atoms with Gasteiger partial charge < -0.3 is 29.7 Å². The van der Waals surface area contributed by atoms with Crippen LogP contribution in [0.5, 0.6) is 0 Å². The van der Waals surface area contributed by atoms with Crippen LogP contribution < -0.4 is 5.32 Å². The molecule has 21 heavy (non-hydrogen) atoms. The Morgan fingerprint density at radius 1 is 1.38 bits per heavy atom. The standard InChI is InChI=1S/C13H23NO7/c1-12(2,3)21-11(18)14-8(10(16)17)9-7(15)6-19-13(4,5)20-9/h7-9,15H,6H2,1-5H3,(H,14,18)(H,16,17)/t7-,8-,9+/m0/s1. The molecule has 0 radical (unpaired) electrons. The predicted molar refractivity (Wildman–Crippen MR) is 71.7 cm³/mol. The molecule has 1 heterocycles. The van der Waals surface area contributed by atoms with Gasteiger partial charge in [0.15, 0.2) is 11.8 Å². The monoisotopic (exact) mass is 305 g/mol. The average Bonchev–Trinajstić information content (AvgIpc) is 2.27. The number of carbonyl (C=O) groups excluding carboxylic acids is 1. The molecule has 1 saturated heterocycles. The maximum absolute atomic E-state index is 11.7. The van der Waals surface area contributed by atoms with Crippen molar-refractivity contribution in [3.8, 4) is 0 Å². The van der Waals surface area contributed by atoms with Crippen molar-refractivity contribution in [2.45, 2.75) is 64.3 Å². The van der Waals surface area contributed by atoms with E-state index in [0.29, 0.717) is 0 Å². The predicted octanol–water partition coefficient (Wildman–Crippen LogP) is 0.477. The van der Waals surface area contributed by atoms with Crippen LogP contribution in [-0.2, 0) is 19.0 Å². The number of alkyl carbamates (subject to hydrolysis) is 1. The molecule has 1 aliphatic rings. The van der Waals surface area contributed by atoms with Crippen LogP contribution in [0, 0.1) is 0 Å². The first kappa shape index (κ1) is 17.7. The first-order valence-electron chi connectivity index (χ1n) is 6.63. The van der Waals surface area contributed by atoms with Gasteiger partial charge in [0.25, 0.3) is 0 Å². The molecular formula is C13H23NO7. The minimum Gasteiger partial charge on any atom is -0.480 e. The highest BCUT2D eigenvalue weighted by Gasteiger charge is 2.44. The lowest BCUT2D eigenvalue weighted by Crippen LogP contribution is -2.61. The van der Waals surface area contributed by atoms with Gasteiger partial charge in [-0.3, -0.25) is 0 Å². The molecule has 1 aliphatic heterocycles. The van der Waals surface area contributed by atoms with E-state index in [2.05, 4.69) is 5.32 Å². The number of carbonyl (C=O) groups is 2. The first-order valence-corrected chi connectivity index (χ1v) is 6.63. The zero-order valence-corrected chi connectivity index (χ0v) is 12.9. The summed E-state index contributed by atoms with van der Waals surface area (Å²) in [6, 6.07) is -1.45. The van der Waals surface area contributed by atoms with Crippen molar-refractivity contribution in [3.05, 3.63) is 0 Å². The van der Waals surface area contributed by atoms with E-state index >= 15 is 0 Å². The van der Waals surface area contributed by atoms with Crippen molar-refractivity contribution in [3.63, 3.8) is 0 Å². The van der Waals surface area contributed by atoms with Crippen molar-refractivity contribution < 1.29 is 34.0 Å². The molecule has 122 valence electrons. The topological polar surface area (TPSA) is 114 Å². The Morgan fingerprint density at radius 3 is 2.43 bits per heavy atom. The van der Waals surface area contributed by atoms with E-state index in [1.807, 2.05) is 0 Å². The Balaban J connectivity index is 2.81. The molecule has 1 rings (SSSR count). The van der Waals surface area contributed by atoms with E-state index in [4.69, 9.17) is 14.2 Å². The number of hydrogen-bond acceptors (Lipinski definition) is 6. The second kappa shape index (κ2) is 6.17. The van der Waals surface area contributed by atoms with Crippen LogP contribution in [-0.4, -0.2) is 58.5 Å². The van der Waals surface area contributed by atoms with Crippen LogP contribution in [0.2, 0.25) is 0 Å². The molecule has 3 atom stereocenters. The smallest absolute Gasteiger partial charge is 0.408 e. The Kier molecular flexibility index (Phi) is 5.19. The van der Waals surface area contributed by atoms with Gasteiger partial charge in [-0.1, -0.05) is 0 Å². The number of rotatable bonds is 3. The van der Waals surface area contributed by atoms with E-state index < -0.39 is 41.7 Å². The van der Waals surface area contributed by atoms with Gasteiger partial charge in [-0.05, 0) is 34.6 Å². The second-order valence-electron chi connectivity index (χ2n) is 6.32. The number of nitrogens with one attached hydrogen (secondary N) is 1. The highest BCUT2D eigenvalue weighted by molar-refractivity contribution is 5.80. The highest BCUT2D eigenvalue weighted by atomic mass is 16.7. The second-order valence-corrected chi connectivity index (χ2v) is 6.32.